The number of esters is 1. The van der Waals surface area contributed by atoms with E-state index < -0.39 is 5.97 Å². The maximum absolute atomic E-state index is 11.1. The molecule has 18 heavy (non-hydrogen) atoms. The second-order valence-corrected chi connectivity index (χ2v) is 5.15. The molecule has 1 aromatic rings. The minimum Gasteiger partial charge on any atom is -0.483 e. The first kappa shape index (κ1) is 12.7. The number of hydrogen-bond acceptors (Lipinski definition) is 4. The average Bonchev–Trinajstić information content (AvgIpc) is 2.59. The molecule has 1 aromatic carbocycles. The highest BCUT2D eigenvalue weighted by molar-refractivity contribution is 5.71. The normalized spacial score (nSPS) is 15.8. The van der Waals surface area contributed by atoms with Gasteiger partial charge >= 0.3 is 5.97 Å². The van der Waals surface area contributed by atoms with Gasteiger partial charge in [-0.2, -0.15) is 0 Å². The summed E-state index contributed by atoms with van der Waals surface area (Å²) in [5, 5.41) is 0. The van der Waals surface area contributed by atoms with Gasteiger partial charge in [-0.05, 0) is 32.4 Å². The van der Waals surface area contributed by atoms with Gasteiger partial charge in [0.1, 0.15) is 5.60 Å². The lowest BCUT2D eigenvalue weighted by atomic mass is 10.0. The summed E-state index contributed by atoms with van der Waals surface area (Å²) in [7, 11) is 1.34. The molecular formula is C14H18O4. The molecule has 0 bridgehead atoms. The molecule has 0 amide bonds. The summed E-state index contributed by atoms with van der Waals surface area (Å²) in [6, 6.07) is 3.97. The van der Waals surface area contributed by atoms with Crippen molar-refractivity contribution >= 4 is 5.97 Å². The number of hydrogen-bond donors (Lipinski definition) is 0. The molecule has 0 unspecified atom stereocenters. The van der Waals surface area contributed by atoms with Crippen molar-refractivity contribution in [1.82, 2.24) is 0 Å². The van der Waals surface area contributed by atoms with Crippen LogP contribution < -0.4 is 9.47 Å². The van der Waals surface area contributed by atoms with Gasteiger partial charge in [-0.3, -0.25) is 0 Å². The Morgan fingerprint density at radius 1 is 1.44 bits per heavy atom. The van der Waals surface area contributed by atoms with E-state index in [9.17, 15) is 4.79 Å². The molecule has 0 saturated carbocycles. The zero-order chi connectivity index (χ0) is 13.3. The van der Waals surface area contributed by atoms with Crippen molar-refractivity contribution in [2.45, 2.75) is 32.8 Å². The van der Waals surface area contributed by atoms with Gasteiger partial charge in [0.05, 0.1) is 7.11 Å². The molecular weight excluding hydrogens is 232 g/mol. The van der Waals surface area contributed by atoms with Gasteiger partial charge in [0, 0.05) is 12.0 Å². The van der Waals surface area contributed by atoms with Crippen LogP contribution in [-0.4, -0.2) is 25.3 Å². The second-order valence-electron chi connectivity index (χ2n) is 5.15. The fourth-order valence-electron chi connectivity index (χ4n) is 2.13. The average molecular weight is 250 g/mol. The van der Waals surface area contributed by atoms with E-state index in [1.165, 1.54) is 7.11 Å². The van der Waals surface area contributed by atoms with Gasteiger partial charge in [-0.25, -0.2) is 4.79 Å². The number of carbonyl (C=O) groups is 1. The van der Waals surface area contributed by atoms with Crippen molar-refractivity contribution < 1.29 is 19.0 Å². The molecule has 0 aromatic heterocycles. The van der Waals surface area contributed by atoms with Crippen LogP contribution in [0.2, 0.25) is 0 Å². The quantitative estimate of drug-likeness (QED) is 0.772. The molecule has 1 aliphatic rings. The lowest BCUT2D eigenvalue weighted by molar-refractivity contribution is -0.142. The topological polar surface area (TPSA) is 44.8 Å². The summed E-state index contributed by atoms with van der Waals surface area (Å²) >= 11 is 0. The van der Waals surface area contributed by atoms with Crippen molar-refractivity contribution in [2.75, 3.05) is 13.7 Å². The van der Waals surface area contributed by atoms with E-state index in [1.54, 1.807) is 0 Å². The van der Waals surface area contributed by atoms with Crippen LogP contribution >= 0.6 is 0 Å². The van der Waals surface area contributed by atoms with Crippen LogP contribution in [-0.2, 0) is 16.0 Å². The van der Waals surface area contributed by atoms with E-state index in [-0.39, 0.29) is 12.2 Å². The van der Waals surface area contributed by atoms with Gasteiger partial charge in [-0.15, -0.1) is 0 Å². The number of benzene rings is 1. The number of methoxy groups -OCH3 is 1. The third-order valence-electron chi connectivity index (χ3n) is 2.84. The summed E-state index contributed by atoms with van der Waals surface area (Å²) in [6.45, 7) is 5.96. The standard InChI is InChI=1S/C14H18O4/c1-9-5-10-7-14(2,3)18-13(10)11(6-9)17-8-12(15)16-4/h5-6H,7-8H2,1-4H3. The molecule has 2 rings (SSSR count). The van der Waals surface area contributed by atoms with Crippen molar-refractivity contribution in [3.8, 4) is 11.5 Å². The fourth-order valence-corrected chi connectivity index (χ4v) is 2.13. The monoisotopic (exact) mass is 250 g/mol. The Kier molecular flexibility index (Phi) is 3.20. The summed E-state index contributed by atoms with van der Waals surface area (Å²) < 4.78 is 15.9. The third-order valence-corrected chi connectivity index (χ3v) is 2.84. The Morgan fingerprint density at radius 2 is 2.17 bits per heavy atom. The van der Waals surface area contributed by atoms with E-state index in [0.29, 0.717) is 5.75 Å². The highest BCUT2D eigenvalue weighted by Gasteiger charge is 2.32. The smallest absolute Gasteiger partial charge is 0.343 e. The number of aryl methyl sites for hydroxylation is 1. The molecule has 4 heteroatoms. The maximum atomic E-state index is 11.1. The molecule has 0 atom stereocenters. The summed E-state index contributed by atoms with van der Waals surface area (Å²) in [5.41, 5.74) is 1.99. The Morgan fingerprint density at radius 3 is 2.83 bits per heavy atom. The van der Waals surface area contributed by atoms with Crippen molar-refractivity contribution in [3.63, 3.8) is 0 Å². The van der Waals surface area contributed by atoms with Crippen molar-refractivity contribution in [2.24, 2.45) is 0 Å². The van der Waals surface area contributed by atoms with Crippen LogP contribution in [0.25, 0.3) is 0 Å². The molecule has 0 N–H and O–H groups in total. The Balaban J connectivity index is 2.24. The SMILES string of the molecule is COC(=O)COc1cc(C)cc2c1OC(C)(C)C2. The third kappa shape index (κ3) is 2.58. The first-order valence-corrected chi connectivity index (χ1v) is 5.93. The second kappa shape index (κ2) is 4.52. The van der Waals surface area contributed by atoms with E-state index in [4.69, 9.17) is 9.47 Å². The van der Waals surface area contributed by atoms with Gasteiger partial charge in [0.2, 0.25) is 0 Å². The first-order valence-electron chi connectivity index (χ1n) is 5.93. The minimum absolute atomic E-state index is 0.101. The number of fused-ring (bicyclic) bond motifs is 1. The highest BCUT2D eigenvalue weighted by Crippen LogP contribution is 2.42. The van der Waals surface area contributed by atoms with Gasteiger partial charge < -0.3 is 14.2 Å². The largest absolute Gasteiger partial charge is 0.483 e. The number of ether oxygens (including phenoxy) is 3. The Hall–Kier alpha value is -1.71. The Bertz CT molecular complexity index is 477. The molecule has 1 heterocycles. The molecule has 0 saturated heterocycles. The summed E-state index contributed by atoms with van der Waals surface area (Å²) in [5.74, 6) is 0.956. The molecule has 0 fully saturated rings. The minimum atomic E-state index is -0.400. The molecule has 0 aliphatic carbocycles. The van der Waals surface area contributed by atoms with Crippen LogP contribution in [0.15, 0.2) is 12.1 Å². The number of carbonyl (C=O) groups excluding carboxylic acids is 1. The van der Waals surface area contributed by atoms with Crippen LogP contribution in [0, 0.1) is 6.92 Å². The summed E-state index contributed by atoms with van der Waals surface area (Å²) in [4.78, 5) is 11.1. The van der Waals surface area contributed by atoms with Crippen LogP contribution in [0.3, 0.4) is 0 Å². The zero-order valence-corrected chi connectivity index (χ0v) is 11.2. The van der Waals surface area contributed by atoms with Crippen molar-refractivity contribution in [1.29, 1.82) is 0 Å². The van der Waals surface area contributed by atoms with Crippen LogP contribution in [0.4, 0.5) is 0 Å². The zero-order valence-electron chi connectivity index (χ0n) is 11.2. The highest BCUT2D eigenvalue weighted by atomic mass is 16.6. The fraction of sp³-hybridized carbons (Fsp3) is 0.500. The van der Waals surface area contributed by atoms with Gasteiger partial charge in [-0.1, -0.05) is 6.07 Å². The summed E-state index contributed by atoms with van der Waals surface area (Å²) in [6.07, 6.45) is 0.846. The maximum Gasteiger partial charge on any atom is 0.343 e. The predicted molar refractivity (Wildman–Crippen MR) is 67.1 cm³/mol. The molecule has 1 aliphatic heterocycles. The number of rotatable bonds is 3. The molecule has 0 radical (unpaired) electrons. The van der Waals surface area contributed by atoms with E-state index in [2.05, 4.69) is 10.8 Å². The predicted octanol–water partition coefficient (Wildman–Crippen LogP) is 2.26. The van der Waals surface area contributed by atoms with E-state index in [1.807, 2.05) is 26.8 Å². The molecule has 0 spiro atoms. The van der Waals surface area contributed by atoms with E-state index >= 15 is 0 Å². The lowest BCUT2D eigenvalue weighted by Crippen LogP contribution is -2.24. The van der Waals surface area contributed by atoms with E-state index in [0.717, 1.165) is 23.3 Å². The van der Waals surface area contributed by atoms with Crippen LogP contribution in [0.5, 0.6) is 11.5 Å². The van der Waals surface area contributed by atoms with Crippen molar-refractivity contribution in [3.05, 3.63) is 23.3 Å². The Labute approximate surface area is 107 Å². The van der Waals surface area contributed by atoms with Gasteiger partial charge in [0.15, 0.2) is 18.1 Å². The molecule has 4 nitrogen and oxygen atoms in total. The van der Waals surface area contributed by atoms with Crippen LogP contribution in [0.1, 0.15) is 25.0 Å². The first-order chi connectivity index (χ1) is 8.41. The lowest BCUT2D eigenvalue weighted by Gasteiger charge is -2.18. The molecule has 98 valence electrons. The van der Waals surface area contributed by atoms with Gasteiger partial charge in [0.25, 0.3) is 0 Å².